The Kier molecular flexibility index (Phi) is 10.1. The Morgan fingerprint density at radius 2 is 1.61 bits per heavy atom. The second-order valence-corrected chi connectivity index (χ2v) is 11.1. The first-order chi connectivity index (χ1) is 19.0. The number of carboxylic acid groups (broad SMARTS) is 1. The third-order valence-electron chi connectivity index (χ3n) is 7.32. The predicted octanol–water partition coefficient (Wildman–Crippen LogP) is 6.23. The van der Waals surface area contributed by atoms with Crippen molar-refractivity contribution in [2.24, 2.45) is 22.1 Å². The maximum absolute atomic E-state index is 14.2. The summed E-state index contributed by atoms with van der Waals surface area (Å²) >= 11 is 12.1. The number of benzene rings is 1. The lowest BCUT2D eigenvalue weighted by Gasteiger charge is -2.30. The molecule has 7 nitrogen and oxygen atoms in total. The normalized spacial score (nSPS) is 21.4. The van der Waals surface area contributed by atoms with Gasteiger partial charge in [0.2, 0.25) is 0 Å². The molecule has 226 valence electrons. The Morgan fingerprint density at radius 3 is 2.05 bits per heavy atom. The number of nitrogens with zero attached hydrogens (tertiary/aromatic N) is 2. The molecule has 0 bridgehead atoms. The summed E-state index contributed by atoms with van der Waals surface area (Å²) in [5, 5.41) is 8.64. The summed E-state index contributed by atoms with van der Waals surface area (Å²) in [6.45, 7) is -2.14. The lowest BCUT2D eigenvalue weighted by Crippen LogP contribution is -2.47. The van der Waals surface area contributed by atoms with E-state index in [0.29, 0.717) is 11.1 Å². The second kappa shape index (κ2) is 12.6. The smallest absolute Gasteiger partial charge is 0.433 e. The minimum absolute atomic E-state index is 0.105. The van der Waals surface area contributed by atoms with Crippen molar-refractivity contribution in [3.8, 4) is 0 Å². The Balaban J connectivity index is 1.95. The Labute approximate surface area is 241 Å². The molecule has 15 heteroatoms. The molecule has 2 fully saturated rings. The first-order valence-electron chi connectivity index (χ1n) is 12.6. The molecule has 0 heterocycles. The van der Waals surface area contributed by atoms with Crippen molar-refractivity contribution in [3.63, 3.8) is 0 Å². The van der Waals surface area contributed by atoms with E-state index in [1.54, 1.807) is 0 Å². The number of ketones is 1. The van der Waals surface area contributed by atoms with Gasteiger partial charge < -0.3 is 15.7 Å². The summed E-state index contributed by atoms with van der Waals surface area (Å²) in [5.74, 6) is -3.82. The monoisotopic (exact) mass is 629 g/mol. The first-order valence-corrected chi connectivity index (χ1v) is 13.4. The van der Waals surface area contributed by atoms with Gasteiger partial charge in [0.1, 0.15) is 0 Å². The quantitative estimate of drug-likeness (QED) is 0.138. The van der Waals surface area contributed by atoms with E-state index >= 15 is 0 Å². The van der Waals surface area contributed by atoms with E-state index in [4.69, 9.17) is 34.0 Å². The van der Waals surface area contributed by atoms with Gasteiger partial charge in [-0.2, -0.15) is 26.3 Å². The number of halogens is 8. The van der Waals surface area contributed by atoms with Gasteiger partial charge in [-0.15, -0.1) is 0 Å². The van der Waals surface area contributed by atoms with Crippen LogP contribution in [0.5, 0.6) is 0 Å². The number of amides is 1. The van der Waals surface area contributed by atoms with Crippen LogP contribution in [-0.2, 0) is 9.59 Å². The standard InChI is InChI=1S/C26H27Cl2F6N3O4/c27-17-2-1-3-18(28)21(17)19(38)12-37(13-24(8-9-24)26(32,33)34)23(41)16(11-35)22(25(29,30)31)36-15-6-4-14(5-7-15)10-20(39)40/h1-3,11,14-15H,4-10,12-13,35H2,(H,39,40). The van der Waals surface area contributed by atoms with Crippen molar-refractivity contribution >= 4 is 46.6 Å². The van der Waals surface area contributed by atoms with E-state index < -0.39 is 65.8 Å². The number of hydrogen-bond donors (Lipinski definition) is 2. The van der Waals surface area contributed by atoms with Crippen molar-refractivity contribution in [1.29, 1.82) is 0 Å². The molecule has 0 atom stereocenters. The molecule has 0 saturated heterocycles. The molecule has 3 N–H and O–H groups in total. The van der Waals surface area contributed by atoms with Crippen LogP contribution in [0.25, 0.3) is 0 Å². The van der Waals surface area contributed by atoms with E-state index in [1.165, 1.54) is 18.2 Å². The van der Waals surface area contributed by atoms with Gasteiger partial charge in [-0.25, -0.2) is 0 Å². The number of carbonyl (C=O) groups is 3. The summed E-state index contributed by atoms with van der Waals surface area (Å²) in [6.07, 6.45) is -9.83. The number of alkyl halides is 6. The summed E-state index contributed by atoms with van der Waals surface area (Å²) in [5.41, 5.74) is -0.147. The van der Waals surface area contributed by atoms with Gasteiger partial charge in [-0.1, -0.05) is 29.3 Å². The molecule has 1 amide bonds. The molecule has 2 aliphatic rings. The SMILES string of the molecule is NC=C(C(=O)N(CC(=O)c1c(Cl)cccc1Cl)CC1(C(F)(F)F)CC1)C(=NC1CCC(CC(=O)O)CC1)C(F)(F)F. The average molecular weight is 630 g/mol. The maximum atomic E-state index is 14.2. The molecule has 1 aromatic carbocycles. The Bertz CT molecular complexity index is 1220. The van der Waals surface area contributed by atoms with E-state index in [1.807, 2.05) is 0 Å². The molecule has 1 aromatic rings. The van der Waals surface area contributed by atoms with Gasteiger partial charge in [0.05, 0.1) is 39.2 Å². The second-order valence-electron chi connectivity index (χ2n) is 10.3. The van der Waals surface area contributed by atoms with Crippen molar-refractivity contribution in [2.75, 3.05) is 13.1 Å². The largest absolute Gasteiger partial charge is 0.481 e. The zero-order valence-corrected chi connectivity index (χ0v) is 23.0. The highest BCUT2D eigenvalue weighted by Gasteiger charge is 2.64. The zero-order chi connectivity index (χ0) is 30.8. The number of carboxylic acids is 1. The minimum atomic E-state index is -5.22. The van der Waals surface area contributed by atoms with Crippen LogP contribution in [0.4, 0.5) is 26.3 Å². The van der Waals surface area contributed by atoms with E-state index in [0.717, 1.165) is 0 Å². The molecule has 0 aliphatic heterocycles. The first kappa shape index (κ1) is 32.7. The topological polar surface area (TPSA) is 113 Å². The highest BCUT2D eigenvalue weighted by atomic mass is 35.5. The fourth-order valence-electron chi connectivity index (χ4n) is 4.89. The van der Waals surface area contributed by atoms with Crippen molar-refractivity contribution < 1.29 is 45.8 Å². The molecule has 41 heavy (non-hydrogen) atoms. The van der Waals surface area contributed by atoms with Gasteiger partial charge in [0, 0.05) is 19.2 Å². The number of hydrogen-bond acceptors (Lipinski definition) is 5. The number of aliphatic imine (C=N–C) groups is 1. The Hall–Kier alpha value is -2.80. The van der Waals surface area contributed by atoms with Crippen LogP contribution in [-0.4, -0.2) is 64.9 Å². The fourth-order valence-corrected chi connectivity index (χ4v) is 5.50. The van der Waals surface area contributed by atoms with Crippen molar-refractivity contribution in [2.45, 2.75) is 63.3 Å². The van der Waals surface area contributed by atoms with Crippen LogP contribution in [0.1, 0.15) is 55.3 Å². The van der Waals surface area contributed by atoms with Crippen molar-refractivity contribution in [1.82, 2.24) is 4.90 Å². The predicted molar refractivity (Wildman–Crippen MR) is 139 cm³/mol. The van der Waals surface area contributed by atoms with Crippen LogP contribution in [0, 0.1) is 11.3 Å². The van der Waals surface area contributed by atoms with E-state index in [2.05, 4.69) is 4.99 Å². The van der Waals surface area contributed by atoms with Crippen LogP contribution in [0.2, 0.25) is 10.0 Å². The third kappa shape index (κ3) is 7.94. The number of aliphatic carboxylic acids is 1. The summed E-state index contributed by atoms with van der Waals surface area (Å²) in [4.78, 5) is 41.6. The summed E-state index contributed by atoms with van der Waals surface area (Å²) in [6, 6.07) is 3.05. The minimum Gasteiger partial charge on any atom is -0.481 e. The van der Waals surface area contributed by atoms with E-state index in [-0.39, 0.29) is 66.5 Å². The highest BCUT2D eigenvalue weighted by Crippen LogP contribution is 2.58. The van der Waals surface area contributed by atoms with Gasteiger partial charge in [0.15, 0.2) is 11.5 Å². The van der Waals surface area contributed by atoms with Crippen LogP contribution in [0.3, 0.4) is 0 Å². The summed E-state index contributed by atoms with van der Waals surface area (Å²) in [7, 11) is 0. The van der Waals surface area contributed by atoms with Gasteiger partial charge in [-0.05, 0) is 56.6 Å². The number of rotatable bonds is 10. The van der Waals surface area contributed by atoms with Crippen LogP contribution in [0.15, 0.2) is 35.0 Å². The number of nitrogens with two attached hydrogens (primary N) is 1. The molecule has 2 saturated carbocycles. The zero-order valence-electron chi connectivity index (χ0n) is 21.5. The lowest BCUT2D eigenvalue weighted by molar-refractivity contribution is -0.192. The van der Waals surface area contributed by atoms with Crippen molar-refractivity contribution in [3.05, 3.63) is 45.6 Å². The fraction of sp³-hybridized carbons (Fsp3) is 0.538. The molecule has 0 unspecified atom stereocenters. The molecule has 3 rings (SSSR count). The van der Waals surface area contributed by atoms with E-state index in [9.17, 15) is 40.7 Å². The third-order valence-corrected chi connectivity index (χ3v) is 7.95. The lowest BCUT2D eigenvalue weighted by atomic mass is 9.84. The van der Waals surface area contributed by atoms with Crippen LogP contribution < -0.4 is 5.73 Å². The van der Waals surface area contributed by atoms with Gasteiger partial charge >= 0.3 is 18.3 Å². The van der Waals surface area contributed by atoms with Crippen LogP contribution >= 0.6 is 23.2 Å². The maximum Gasteiger partial charge on any atom is 0.433 e. The average Bonchev–Trinajstić information content (AvgIpc) is 3.64. The number of Topliss-reactive ketones (excluding diaryl/α,β-unsaturated/α-hetero) is 1. The molecule has 2 aliphatic carbocycles. The van der Waals surface area contributed by atoms with Gasteiger partial charge in [0.25, 0.3) is 5.91 Å². The number of carbonyl (C=O) groups excluding carboxylic acids is 2. The highest BCUT2D eigenvalue weighted by molar-refractivity contribution is 6.40. The summed E-state index contributed by atoms with van der Waals surface area (Å²) < 4.78 is 84.0. The van der Waals surface area contributed by atoms with Gasteiger partial charge in [-0.3, -0.25) is 19.4 Å². The molecule has 0 aromatic heterocycles. The molecule has 0 radical (unpaired) electrons. The molecule has 0 spiro atoms. The molecular weight excluding hydrogens is 603 g/mol. The Morgan fingerprint density at radius 1 is 1.05 bits per heavy atom. The molecular formula is C26H27Cl2F6N3O4.